The Morgan fingerprint density at radius 2 is 1.48 bits per heavy atom. The van der Waals surface area contributed by atoms with Crippen molar-refractivity contribution < 1.29 is 14.3 Å². The maximum absolute atomic E-state index is 12.4. The zero-order valence-corrected chi connectivity index (χ0v) is 16.2. The third-order valence-electron chi connectivity index (χ3n) is 4.39. The van der Waals surface area contributed by atoms with E-state index in [4.69, 9.17) is 4.74 Å². The topological polar surface area (TPSA) is 80.3 Å². The van der Waals surface area contributed by atoms with Gasteiger partial charge in [0.2, 0.25) is 0 Å². The van der Waals surface area contributed by atoms with Crippen LogP contribution in [0.4, 0.5) is 0 Å². The average molecular weight is 389 g/mol. The van der Waals surface area contributed by atoms with Gasteiger partial charge in [-0.2, -0.15) is 0 Å². The van der Waals surface area contributed by atoms with Gasteiger partial charge in [-0.05, 0) is 30.2 Å². The van der Waals surface area contributed by atoms with Crippen molar-refractivity contribution in [3.8, 4) is 5.75 Å². The van der Waals surface area contributed by atoms with E-state index in [1.54, 1.807) is 25.3 Å². The van der Waals surface area contributed by atoms with Gasteiger partial charge in [0.15, 0.2) is 0 Å². The zero-order valence-electron chi connectivity index (χ0n) is 16.2. The molecule has 0 aliphatic rings. The SMILES string of the molecule is COc1ccccc1CNC(=O)c1cccc(C(=O)NCCc2ccccc2)n1. The molecule has 0 fully saturated rings. The third-order valence-corrected chi connectivity index (χ3v) is 4.39. The van der Waals surface area contributed by atoms with E-state index in [2.05, 4.69) is 15.6 Å². The summed E-state index contributed by atoms with van der Waals surface area (Å²) in [6.45, 7) is 0.798. The van der Waals surface area contributed by atoms with Crippen LogP contribution in [0.1, 0.15) is 32.1 Å². The fourth-order valence-electron chi connectivity index (χ4n) is 2.86. The predicted octanol–water partition coefficient (Wildman–Crippen LogP) is 2.99. The molecule has 6 nitrogen and oxygen atoms in total. The molecule has 0 saturated heterocycles. The number of nitrogens with zero attached hydrogens (tertiary/aromatic N) is 1. The summed E-state index contributed by atoms with van der Waals surface area (Å²) < 4.78 is 5.28. The molecule has 0 saturated carbocycles. The largest absolute Gasteiger partial charge is 0.496 e. The Bertz CT molecular complexity index is 974. The standard InChI is InChI=1S/C23H23N3O3/c1-29-21-13-6-5-10-18(21)16-25-23(28)20-12-7-11-19(26-20)22(27)24-15-14-17-8-3-2-4-9-17/h2-13H,14-16H2,1H3,(H,24,27)(H,25,28). The number of carbonyl (C=O) groups is 2. The second-order valence-corrected chi connectivity index (χ2v) is 6.39. The van der Waals surface area contributed by atoms with Crippen LogP contribution in [-0.4, -0.2) is 30.5 Å². The number of aromatic nitrogens is 1. The average Bonchev–Trinajstić information content (AvgIpc) is 2.78. The highest BCUT2D eigenvalue weighted by Gasteiger charge is 2.13. The highest BCUT2D eigenvalue weighted by atomic mass is 16.5. The molecule has 2 aromatic carbocycles. The fraction of sp³-hybridized carbons (Fsp3) is 0.174. The minimum absolute atomic E-state index is 0.190. The molecule has 0 aliphatic carbocycles. The Labute approximate surface area is 169 Å². The molecule has 6 heteroatoms. The van der Waals surface area contributed by atoms with E-state index in [9.17, 15) is 9.59 Å². The van der Waals surface area contributed by atoms with Gasteiger partial charge in [-0.1, -0.05) is 54.6 Å². The van der Waals surface area contributed by atoms with Crippen LogP contribution >= 0.6 is 0 Å². The van der Waals surface area contributed by atoms with Crippen LogP contribution in [0.15, 0.2) is 72.8 Å². The number of amides is 2. The number of pyridine rings is 1. The first-order valence-corrected chi connectivity index (χ1v) is 9.36. The lowest BCUT2D eigenvalue weighted by atomic mass is 10.1. The number of hydrogen-bond acceptors (Lipinski definition) is 4. The molecule has 0 atom stereocenters. The molecule has 0 bridgehead atoms. The lowest BCUT2D eigenvalue weighted by Crippen LogP contribution is -2.28. The first-order valence-electron chi connectivity index (χ1n) is 9.36. The smallest absolute Gasteiger partial charge is 0.270 e. The molecule has 3 rings (SSSR count). The molecule has 2 amide bonds. The highest BCUT2D eigenvalue weighted by molar-refractivity contribution is 5.96. The van der Waals surface area contributed by atoms with E-state index in [1.165, 1.54) is 0 Å². The Balaban J connectivity index is 1.56. The van der Waals surface area contributed by atoms with Crippen LogP contribution in [0, 0.1) is 0 Å². The van der Waals surface area contributed by atoms with Crippen molar-refractivity contribution in [3.63, 3.8) is 0 Å². The minimum atomic E-state index is -0.352. The number of hydrogen-bond donors (Lipinski definition) is 2. The van der Waals surface area contributed by atoms with E-state index < -0.39 is 0 Å². The molecular formula is C23H23N3O3. The van der Waals surface area contributed by atoms with Crippen molar-refractivity contribution in [1.82, 2.24) is 15.6 Å². The first-order chi connectivity index (χ1) is 14.2. The van der Waals surface area contributed by atoms with Crippen molar-refractivity contribution in [2.24, 2.45) is 0 Å². The Morgan fingerprint density at radius 3 is 2.21 bits per heavy atom. The van der Waals surface area contributed by atoms with Crippen molar-refractivity contribution in [2.45, 2.75) is 13.0 Å². The molecule has 29 heavy (non-hydrogen) atoms. The normalized spacial score (nSPS) is 10.2. The van der Waals surface area contributed by atoms with Crippen LogP contribution < -0.4 is 15.4 Å². The van der Waals surface area contributed by atoms with E-state index in [-0.39, 0.29) is 23.2 Å². The number of rotatable bonds is 8. The number of methoxy groups -OCH3 is 1. The van der Waals surface area contributed by atoms with E-state index in [0.717, 1.165) is 17.5 Å². The predicted molar refractivity (Wildman–Crippen MR) is 111 cm³/mol. The summed E-state index contributed by atoms with van der Waals surface area (Å²) in [7, 11) is 1.59. The summed E-state index contributed by atoms with van der Waals surface area (Å²) in [6.07, 6.45) is 0.728. The Morgan fingerprint density at radius 1 is 0.828 bits per heavy atom. The van der Waals surface area contributed by atoms with Crippen LogP contribution in [0.3, 0.4) is 0 Å². The Hall–Kier alpha value is -3.67. The second-order valence-electron chi connectivity index (χ2n) is 6.39. The molecule has 0 spiro atoms. The third kappa shape index (κ3) is 5.65. The molecular weight excluding hydrogens is 366 g/mol. The molecule has 0 aliphatic heterocycles. The maximum atomic E-state index is 12.4. The number of benzene rings is 2. The first kappa shape index (κ1) is 20.1. The number of para-hydroxylation sites is 1. The van der Waals surface area contributed by atoms with Crippen LogP contribution in [0.25, 0.3) is 0 Å². The molecule has 1 aromatic heterocycles. The summed E-state index contributed by atoms with van der Waals surface area (Å²) in [5, 5.41) is 5.64. The van der Waals surface area contributed by atoms with E-state index in [1.807, 2.05) is 54.6 Å². The summed E-state index contributed by atoms with van der Waals surface area (Å²) in [5.41, 5.74) is 2.40. The lowest BCUT2D eigenvalue weighted by molar-refractivity contribution is 0.0943. The monoisotopic (exact) mass is 389 g/mol. The fourth-order valence-corrected chi connectivity index (χ4v) is 2.86. The van der Waals surface area contributed by atoms with Crippen LogP contribution in [-0.2, 0) is 13.0 Å². The van der Waals surface area contributed by atoms with Crippen molar-refractivity contribution in [3.05, 3.63) is 95.3 Å². The van der Waals surface area contributed by atoms with Gasteiger partial charge in [-0.25, -0.2) is 4.98 Å². The van der Waals surface area contributed by atoms with Gasteiger partial charge in [0, 0.05) is 18.7 Å². The van der Waals surface area contributed by atoms with Gasteiger partial charge in [-0.15, -0.1) is 0 Å². The molecule has 0 radical (unpaired) electrons. The maximum Gasteiger partial charge on any atom is 0.270 e. The van der Waals surface area contributed by atoms with Gasteiger partial charge in [-0.3, -0.25) is 9.59 Å². The van der Waals surface area contributed by atoms with Gasteiger partial charge in [0.05, 0.1) is 7.11 Å². The van der Waals surface area contributed by atoms with Crippen LogP contribution in [0.5, 0.6) is 5.75 Å². The lowest BCUT2D eigenvalue weighted by Gasteiger charge is -2.10. The molecule has 1 heterocycles. The van der Waals surface area contributed by atoms with Crippen molar-refractivity contribution in [2.75, 3.05) is 13.7 Å². The Kier molecular flexibility index (Phi) is 6.95. The van der Waals surface area contributed by atoms with Gasteiger partial charge >= 0.3 is 0 Å². The van der Waals surface area contributed by atoms with E-state index >= 15 is 0 Å². The summed E-state index contributed by atoms with van der Waals surface area (Å²) in [4.78, 5) is 29.0. The number of ether oxygens (including phenoxy) is 1. The minimum Gasteiger partial charge on any atom is -0.496 e. The highest BCUT2D eigenvalue weighted by Crippen LogP contribution is 2.16. The van der Waals surface area contributed by atoms with E-state index in [0.29, 0.717) is 18.8 Å². The van der Waals surface area contributed by atoms with Crippen molar-refractivity contribution in [1.29, 1.82) is 0 Å². The summed E-state index contributed by atoms with van der Waals surface area (Å²) in [6, 6.07) is 22.2. The second kappa shape index (κ2) is 10.0. The molecule has 0 unspecified atom stereocenters. The summed E-state index contributed by atoms with van der Waals surface area (Å²) >= 11 is 0. The van der Waals surface area contributed by atoms with Crippen molar-refractivity contribution >= 4 is 11.8 Å². The summed E-state index contributed by atoms with van der Waals surface area (Å²) in [5.74, 6) is 0.0439. The van der Waals surface area contributed by atoms with Gasteiger partial charge < -0.3 is 15.4 Å². The molecule has 3 aromatic rings. The van der Waals surface area contributed by atoms with Crippen LogP contribution in [0.2, 0.25) is 0 Å². The molecule has 2 N–H and O–H groups in total. The quantitative estimate of drug-likeness (QED) is 0.621. The van der Waals surface area contributed by atoms with Gasteiger partial charge in [0.25, 0.3) is 11.8 Å². The van der Waals surface area contributed by atoms with Gasteiger partial charge in [0.1, 0.15) is 17.1 Å². The molecule has 148 valence electrons. The number of carbonyl (C=O) groups excluding carboxylic acids is 2. The zero-order chi connectivity index (χ0) is 20.5. The number of nitrogens with one attached hydrogen (secondary N) is 2.